The minimum atomic E-state index is -0.132. The molecule has 0 aliphatic carbocycles. The van der Waals surface area contributed by atoms with E-state index in [1.54, 1.807) is 12.3 Å². The molecule has 0 spiro atoms. The van der Waals surface area contributed by atoms with Crippen LogP contribution in [0.3, 0.4) is 0 Å². The second kappa shape index (κ2) is 3.97. The van der Waals surface area contributed by atoms with Crippen LogP contribution < -0.4 is 5.73 Å². The molecule has 17 heavy (non-hydrogen) atoms. The van der Waals surface area contributed by atoms with Crippen LogP contribution in [0.5, 0.6) is 0 Å². The lowest BCUT2D eigenvalue weighted by Crippen LogP contribution is -2.11. The van der Waals surface area contributed by atoms with Crippen molar-refractivity contribution in [3.05, 3.63) is 18.0 Å². The Kier molecular flexibility index (Phi) is 2.45. The fraction of sp³-hybridized carbons (Fsp3) is 0.455. The van der Waals surface area contributed by atoms with E-state index in [4.69, 9.17) is 10.5 Å². The van der Waals surface area contributed by atoms with Gasteiger partial charge in [-0.05, 0) is 12.5 Å². The van der Waals surface area contributed by atoms with Gasteiger partial charge >= 0.3 is 0 Å². The number of nitrogen functional groups attached to an aromatic ring is 1. The second-order valence-electron chi connectivity index (χ2n) is 4.17. The topological polar surface area (TPSA) is 86.2 Å². The van der Waals surface area contributed by atoms with Crippen molar-refractivity contribution in [2.75, 3.05) is 18.9 Å². The fourth-order valence-electron chi connectivity index (χ4n) is 2.24. The first-order valence-electron chi connectivity index (χ1n) is 5.61. The zero-order chi connectivity index (χ0) is 11.8. The average molecular weight is 234 g/mol. The molecule has 1 aliphatic heterocycles. The maximum absolute atomic E-state index is 9.33. The van der Waals surface area contributed by atoms with Crippen molar-refractivity contribution in [2.45, 2.75) is 19.1 Å². The third-order valence-electron chi connectivity index (χ3n) is 3.10. The normalized spacial score (nSPS) is 20.2. The van der Waals surface area contributed by atoms with Crippen molar-refractivity contribution >= 4 is 16.7 Å². The lowest BCUT2D eigenvalue weighted by molar-refractivity contribution is 0.184. The number of hydrogen-bond acceptors (Lipinski definition) is 5. The Balaban J connectivity index is 2.21. The molecule has 90 valence electrons. The van der Waals surface area contributed by atoms with Gasteiger partial charge in [0.1, 0.15) is 0 Å². The van der Waals surface area contributed by atoms with Gasteiger partial charge in [-0.3, -0.25) is 0 Å². The number of hydrogen-bond donors (Lipinski definition) is 2. The highest BCUT2D eigenvalue weighted by molar-refractivity contribution is 5.90. The van der Waals surface area contributed by atoms with Crippen LogP contribution in [0.4, 0.5) is 5.69 Å². The largest absolute Gasteiger partial charge is 0.398 e. The molecule has 2 aromatic rings. The molecule has 3 rings (SSSR count). The third kappa shape index (κ3) is 1.57. The Hall–Kier alpha value is -1.66. The summed E-state index contributed by atoms with van der Waals surface area (Å²) in [6.45, 7) is 1.24. The van der Waals surface area contributed by atoms with Gasteiger partial charge in [-0.1, -0.05) is 0 Å². The number of aromatic nitrogens is 3. The molecule has 1 fully saturated rings. The minimum absolute atomic E-state index is 0.132. The predicted octanol–water partition coefficient (Wildman–Crippen LogP) is 0.467. The van der Waals surface area contributed by atoms with Crippen LogP contribution >= 0.6 is 0 Å². The van der Waals surface area contributed by atoms with Crippen molar-refractivity contribution < 1.29 is 9.84 Å². The molecular formula is C11H14N4O2. The van der Waals surface area contributed by atoms with Gasteiger partial charge in [0.15, 0.2) is 5.65 Å². The van der Waals surface area contributed by atoms with Gasteiger partial charge in [-0.25, -0.2) is 9.67 Å². The van der Waals surface area contributed by atoms with Gasteiger partial charge in [0, 0.05) is 18.5 Å². The van der Waals surface area contributed by atoms with Crippen molar-refractivity contribution in [1.29, 1.82) is 0 Å². The standard InChI is InChI=1S/C11H14N4O2/c12-8-1-3-13-11-10(8)9(5-16)14-15(11)7-2-4-17-6-7/h1,3,7,16H,2,4-6H2,(H2,12,13)/t7-/m1/s1. The Morgan fingerprint density at radius 1 is 1.59 bits per heavy atom. The molecule has 0 radical (unpaired) electrons. The maximum atomic E-state index is 9.33. The van der Waals surface area contributed by atoms with Crippen molar-refractivity contribution in [2.24, 2.45) is 0 Å². The molecule has 0 unspecified atom stereocenters. The zero-order valence-corrected chi connectivity index (χ0v) is 9.33. The summed E-state index contributed by atoms with van der Waals surface area (Å²) >= 11 is 0. The molecule has 1 saturated heterocycles. The highest BCUT2D eigenvalue weighted by atomic mass is 16.5. The number of ether oxygens (including phenoxy) is 1. The van der Waals surface area contributed by atoms with Crippen molar-refractivity contribution in [1.82, 2.24) is 14.8 Å². The van der Waals surface area contributed by atoms with Crippen molar-refractivity contribution in [3.8, 4) is 0 Å². The summed E-state index contributed by atoms with van der Waals surface area (Å²) in [6, 6.07) is 1.91. The Morgan fingerprint density at radius 2 is 2.47 bits per heavy atom. The van der Waals surface area contributed by atoms with Crippen LogP contribution in [-0.4, -0.2) is 33.1 Å². The zero-order valence-electron chi connectivity index (χ0n) is 9.33. The number of aliphatic hydroxyl groups excluding tert-OH is 1. The number of anilines is 1. The van der Waals surface area contributed by atoms with Gasteiger partial charge < -0.3 is 15.6 Å². The first kappa shape index (κ1) is 10.5. The molecular weight excluding hydrogens is 220 g/mol. The monoisotopic (exact) mass is 234 g/mol. The number of nitrogens with two attached hydrogens (primary N) is 1. The van der Waals surface area contributed by atoms with E-state index in [9.17, 15) is 5.11 Å². The summed E-state index contributed by atoms with van der Waals surface area (Å²) in [7, 11) is 0. The summed E-state index contributed by atoms with van der Waals surface area (Å²) < 4.78 is 7.17. The van der Waals surface area contributed by atoms with Gasteiger partial charge in [-0.2, -0.15) is 5.10 Å². The number of fused-ring (bicyclic) bond motifs is 1. The summed E-state index contributed by atoms with van der Waals surface area (Å²) in [5.74, 6) is 0. The number of rotatable bonds is 2. The predicted molar refractivity (Wildman–Crippen MR) is 62.3 cm³/mol. The molecule has 1 atom stereocenters. The molecule has 1 aliphatic rings. The fourth-order valence-corrected chi connectivity index (χ4v) is 2.24. The van der Waals surface area contributed by atoms with Gasteiger partial charge in [0.25, 0.3) is 0 Å². The van der Waals surface area contributed by atoms with Crippen LogP contribution in [0, 0.1) is 0 Å². The summed E-state index contributed by atoms with van der Waals surface area (Å²) in [6.07, 6.45) is 2.57. The minimum Gasteiger partial charge on any atom is -0.398 e. The van der Waals surface area contributed by atoms with Crippen LogP contribution in [0.15, 0.2) is 12.3 Å². The average Bonchev–Trinajstić information content (AvgIpc) is 2.95. The van der Waals surface area contributed by atoms with E-state index in [1.165, 1.54) is 0 Å². The highest BCUT2D eigenvalue weighted by Crippen LogP contribution is 2.28. The number of nitrogens with zero attached hydrogens (tertiary/aromatic N) is 3. The first-order chi connectivity index (χ1) is 8.31. The van der Waals surface area contributed by atoms with Crippen LogP contribution in [0.25, 0.3) is 11.0 Å². The maximum Gasteiger partial charge on any atom is 0.160 e. The quantitative estimate of drug-likeness (QED) is 0.788. The van der Waals surface area contributed by atoms with Gasteiger partial charge in [0.05, 0.1) is 30.3 Å². The SMILES string of the molecule is Nc1ccnc2c1c(CO)nn2[C@@H]1CCOC1. The van der Waals surface area contributed by atoms with E-state index < -0.39 is 0 Å². The number of aliphatic hydroxyl groups is 1. The smallest absolute Gasteiger partial charge is 0.160 e. The summed E-state index contributed by atoms with van der Waals surface area (Å²) in [5, 5.41) is 14.5. The van der Waals surface area contributed by atoms with Crippen LogP contribution in [0.1, 0.15) is 18.2 Å². The number of pyridine rings is 1. The Labute approximate surface area is 98.0 Å². The molecule has 3 N–H and O–H groups in total. The molecule has 0 aromatic carbocycles. The molecule has 6 heteroatoms. The van der Waals surface area contributed by atoms with E-state index >= 15 is 0 Å². The Morgan fingerprint density at radius 3 is 3.18 bits per heavy atom. The lowest BCUT2D eigenvalue weighted by Gasteiger charge is -2.08. The first-order valence-corrected chi connectivity index (χ1v) is 5.61. The second-order valence-corrected chi connectivity index (χ2v) is 4.17. The molecule has 6 nitrogen and oxygen atoms in total. The molecule has 0 bridgehead atoms. The summed E-state index contributed by atoms with van der Waals surface area (Å²) in [5.41, 5.74) is 7.82. The third-order valence-corrected chi connectivity index (χ3v) is 3.10. The van der Waals surface area contributed by atoms with Gasteiger partial charge in [-0.15, -0.1) is 0 Å². The molecule has 2 aromatic heterocycles. The van der Waals surface area contributed by atoms with Gasteiger partial charge in [0.2, 0.25) is 0 Å². The Bertz CT molecular complexity index is 546. The lowest BCUT2D eigenvalue weighted by atomic mass is 10.2. The van der Waals surface area contributed by atoms with E-state index in [2.05, 4.69) is 10.1 Å². The summed E-state index contributed by atoms with van der Waals surface area (Å²) in [4.78, 5) is 4.31. The van der Waals surface area contributed by atoms with Crippen molar-refractivity contribution in [3.63, 3.8) is 0 Å². The van der Waals surface area contributed by atoms with Crippen LogP contribution in [0.2, 0.25) is 0 Å². The molecule has 3 heterocycles. The molecule has 0 saturated carbocycles. The highest BCUT2D eigenvalue weighted by Gasteiger charge is 2.23. The van der Waals surface area contributed by atoms with E-state index in [1.807, 2.05) is 4.68 Å². The van der Waals surface area contributed by atoms with E-state index in [0.29, 0.717) is 18.0 Å². The van der Waals surface area contributed by atoms with E-state index in [-0.39, 0.29) is 12.6 Å². The van der Waals surface area contributed by atoms with E-state index in [0.717, 1.165) is 24.1 Å². The molecule has 0 amide bonds. The van der Waals surface area contributed by atoms with Crippen LogP contribution in [-0.2, 0) is 11.3 Å².